The molecule has 8 heteroatoms. The maximum atomic E-state index is 12.9. The van der Waals surface area contributed by atoms with Crippen LogP contribution in [-0.2, 0) is 21.6 Å². The third kappa shape index (κ3) is 2.26. The van der Waals surface area contributed by atoms with Crippen molar-refractivity contribution in [3.05, 3.63) is 75.2 Å². The molecular formula is C18H14N2O6. The normalized spacial score (nSPS) is 18.5. The highest BCUT2D eigenvalue weighted by Gasteiger charge is 2.56. The topological polar surface area (TPSA) is 136 Å². The van der Waals surface area contributed by atoms with Gasteiger partial charge in [0.15, 0.2) is 11.2 Å². The number of esters is 1. The molecule has 132 valence electrons. The molecule has 1 aliphatic heterocycles. The molecule has 0 spiro atoms. The first-order valence-electron chi connectivity index (χ1n) is 7.51. The van der Waals surface area contributed by atoms with E-state index in [0.717, 1.165) is 13.2 Å². The van der Waals surface area contributed by atoms with Crippen molar-refractivity contribution >= 4 is 5.97 Å². The summed E-state index contributed by atoms with van der Waals surface area (Å²) >= 11 is 0. The van der Waals surface area contributed by atoms with Crippen molar-refractivity contribution in [1.29, 1.82) is 5.26 Å². The van der Waals surface area contributed by atoms with Crippen molar-refractivity contribution in [3.8, 4) is 11.8 Å². The molecule has 1 aromatic carbocycles. The lowest BCUT2D eigenvalue weighted by Gasteiger charge is -2.34. The van der Waals surface area contributed by atoms with Crippen molar-refractivity contribution in [2.45, 2.75) is 12.0 Å². The second kappa shape index (κ2) is 6.38. The van der Waals surface area contributed by atoms with Crippen LogP contribution in [0.3, 0.4) is 0 Å². The zero-order valence-corrected chi connectivity index (χ0v) is 13.7. The molecule has 0 bridgehead atoms. The molecular weight excluding hydrogens is 340 g/mol. The van der Waals surface area contributed by atoms with Crippen molar-refractivity contribution < 1.29 is 23.8 Å². The van der Waals surface area contributed by atoms with Crippen LogP contribution in [0.5, 0.6) is 5.75 Å². The average molecular weight is 354 g/mol. The first-order valence-corrected chi connectivity index (χ1v) is 7.51. The van der Waals surface area contributed by atoms with Gasteiger partial charge in [0.1, 0.15) is 24.0 Å². The quantitative estimate of drug-likeness (QED) is 0.768. The number of rotatable bonds is 3. The largest absolute Gasteiger partial charge is 0.468 e. The predicted octanol–water partition coefficient (Wildman–Crippen LogP) is 0.677. The zero-order valence-electron chi connectivity index (χ0n) is 13.7. The number of nitriles is 1. The van der Waals surface area contributed by atoms with Crippen LogP contribution in [0.2, 0.25) is 0 Å². The summed E-state index contributed by atoms with van der Waals surface area (Å²) in [6, 6.07) is 11.0. The van der Waals surface area contributed by atoms with Gasteiger partial charge in [-0.25, -0.2) is 0 Å². The van der Waals surface area contributed by atoms with E-state index in [1.165, 1.54) is 0 Å². The minimum Gasteiger partial charge on any atom is -0.468 e. The Balaban J connectivity index is 2.53. The van der Waals surface area contributed by atoms with Gasteiger partial charge in [-0.15, -0.1) is 0 Å². The Labute approximate surface area is 147 Å². The molecule has 0 aliphatic carbocycles. The highest BCUT2D eigenvalue weighted by atomic mass is 16.5. The van der Waals surface area contributed by atoms with Gasteiger partial charge < -0.3 is 24.7 Å². The molecule has 1 aromatic heterocycles. The summed E-state index contributed by atoms with van der Waals surface area (Å²) in [7, 11) is 1.14. The lowest BCUT2D eigenvalue weighted by atomic mass is 9.71. The van der Waals surface area contributed by atoms with Crippen LogP contribution in [-0.4, -0.2) is 18.2 Å². The molecule has 1 atom stereocenters. The number of hydrogen-bond donors (Lipinski definition) is 2. The zero-order chi connectivity index (χ0) is 18.9. The van der Waals surface area contributed by atoms with Crippen molar-refractivity contribution in [2.24, 2.45) is 5.73 Å². The Bertz CT molecular complexity index is 1000. The number of nitrogens with zero attached hydrogens (tertiary/aromatic N) is 1. The average Bonchev–Trinajstić information content (AvgIpc) is 2.67. The van der Waals surface area contributed by atoms with Gasteiger partial charge in [0, 0.05) is 6.07 Å². The smallest absolute Gasteiger partial charge is 0.329 e. The summed E-state index contributed by atoms with van der Waals surface area (Å²) < 4.78 is 15.8. The lowest BCUT2D eigenvalue weighted by molar-refractivity contribution is -0.145. The Kier molecular flexibility index (Phi) is 4.24. The minimum atomic E-state index is -1.94. The van der Waals surface area contributed by atoms with Crippen LogP contribution in [0.1, 0.15) is 17.1 Å². The molecule has 1 aliphatic rings. The molecule has 0 saturated heterocycles. The first kappa shape index (κ1) is 17.3. The Morgan fingerprint density at radius 2 is 2.08 bits per heavy atom. The Morgan fingerprint density at radius 1 is 1.38 bits per heavy atom. The van der Waals surface area contributed by atoms with E-state index in [1.54, 1.807) is 30.3 Å². The molecule has 0 radical (unpaired) electrons. The number of aliphatic hydroxyl groups is 1. The number of hydrogen-bond acceptors (Lipinski definition) is 8. The van der Waals surface area contributed by atoms with E-state index in [4.69, 9.17) is 19.6 Å². The summed E-state index contributed by atoms with van der Waals surface area (Å²) in [5.41, 5.74) is 3.28. The maximum Gasteiger partial charge on any atom is 0.329 e. The highest BCUT2D eigenvalue weighted by Crippen LogP contribution is 2.47. The second-order valence-corrected chi connectivity index (χ2v) is 5.45. The SMILES string of the molecule is COC(=O)C1(c2ccccc2)C(C#N)=C(N)Oc2c1oc(CO)cc2=O. The van der Waals surface area contributed by atoms with Gasteiger partial charge in [-0.3, -0.25) is 9.59 Å². The summed E-state index contributed by atoms with van der Waals surface area (Å²) in [5.74, 6) is -1.99. The third-order valence-electron chi connectivity index (χ3n) is 4.10. The van der Waals surface area contributed by atoms with Gasteiger partial charge in [0.25, 0.3) is 0 Å². The molecule has 2 aromatic rings. The summed E-state index contributed by atoms with van der Waals surface area (Å²) in [5, 5.41) is 19.1. The molecule has 0 saturated carbocycles. The number of fused-ring (bicyclic) bond motifs is 1. The van der Waals surface area contributed by atoms with E-state index in [0.29, 0.717) is 5.56 Å². The van der Waals surface area contributed by atoms with Crippen molar-refractivity contribution in [2.75, 3.05) is 7.11 Å². The molecule has 8 nitrogen and oxygen atoms in total. The van der Waals surface area contributed by atoms with Crippen molar-refractivity contribution in [1.82, 2.24) is 0 Å². The molecule has 3 rings (SSSR count). The third-order valence-corrected chi connectivity index (χ3v) is 4.10. The van der Waals surface area contributed by atoms with Gasteiger partial charge >= 0.3 is 5.97 Å². The van der Waals surface area contributed by atoms with Gasteiger partial charge in [0.05, 0.1) is 7.11 Å². The number of methoxy groups -OCH3 is 1. The maximum absolute atomic E-state index is 12.9. The monoisotopic (exact) mass is 354 g/mol. The van der Waals surface area contributed by atoms with Gasteiger partial charge in [-0.1, -0.05) is 30.3 Å². The Morgan fingerprint density at radius 3 is 2.65 bits per heavy atom. The first-order chi connectivity index (χ1) is 12.5. The standard InChI is InChI=1S/C18H14N2O6/c1-24-17(23)18(10-5-3-2-4-6-10)12(8-19)16(20)26-14-13(22)7-11(9-21)25-15(14)18/h2-7,21H,9,20H2,1H3. The minimum absolute atomic E-state index is 0.0979. The number of ether oxygens (including phenoxy) is 2. The van der Waals surface area contributed by atoms with Crippen LogP contribution < -0.4 is 15.9 Å². The van der Waals surface area contributed by atoms with Crippen LogP contribution >= 0.6 is 0 Å². The van der Waals surface area contributed by atoms with E-state index in [-0.39, 0.29) is 22.8 Å². The number of carbonyl (C=O) groups excluding carboxylic acids is 1. The number of carbonyl (C=O) groups is 1. The van der Waals surface area contributed by atoms with E-state index >= 15 is 0 Å². The lowest BCUT2D eigenvalue weighted by Crippen LogP contribution is -2.45. The van der Waals surface area contributed by atoms with Gasteiger partial charge in [-0.05, 0) is 5.56 Å². The van der Waals surface area contributed by atoms with Gasteiger partial charge in [0.2, 0.25) is 17.1 Å². The van der Waals surface area contributed by atoms with E-state index < -0.39 is 29.3 Å². The van der Waals surface area contributed by atoms with E-state index in [9.17, 15) is 20.0 Å². The van der Waals surface area contributed by atoms with Crippen LogP contribution in [0.15, 0.2) is 57.1 Å². The number of nitrogens with two attached hydrogens (primary N) is 1. The molecule has 0 fully saturated rings. The van der Waals surface area contributed by atoms with Crippen LogP contribution in [0.25, 0.3) is 0 Å². The number of aliphatic hydroxyl groups excluding tert-OH is 1. The predicted molar refractivity (Wildman–Crippen MR) is 87.6 cm³/mol. The Hall–Kier alpha value is -3.57. The van der Waals surface area contributed by atoms with Crippen LogP contribution in [0.4, 0.5) is 0 Å². The number of benzene rings is 1. The molecule has 26 heavy (non-hydrogen) atoms. The molecule has 2 heterocycles. The fourth-order valence-electron chi connectivity index (χ4n) is 2.98. The van der Waals surface area contributed by atoms with E-state index in [2.05, 4.69) is 0 Å². The molecule has 0 amide bonds. The summed E-state index contributed by atoms with van der Waals surface area (Å²) in [6.45, 7) is -0.588. The molecule has 3 N–H and O–H groups in total. The van der Waals surface area contributed by atoms with E-state index in [1.807, 2.05) is 6.07 Å². The fraction of sp³-hybridized carbons (Fsp3) is 0.167. The molecule has 1 unspecified atom stereocenters. The highest BCUT2D eigenvalue weighted by molar-refractivity contribution is 5.94. The fourth-order valence-corrected chi connectivity index (χ4v) is 2.98. The van der Waals surface area contributed by atoms with Crippen LogP contribution in [0, 0.1) is 11.3 Å². The second-order valence-electron chi connectivity index (χ2n) is 5.45. The summed E-state index contributed by atoms with van der Waals surface area (Å²) in [6.07, 6.45) is 0. The van der Waals surface area contributed by atoms with Gasteiger partial charge in [-0.2, -0.15) is 5.26 Å². The van der Waals surface area contributed by atoms with Crippen molar-refractivity contribution in [3.63, 3.8) is 0 Å². The summed E-state index contributed by atoms with van der Waals surface area (Å²) in [4.78, 5) is 25.3.